The van der Waals surface area contributed by atoms with Gasteiger partial charge in [-0.25, -0.2) is 13.1 Å². The first-order valence-corrected chi connectivity index (χ1v) is 8.95. The number of aromatic nitrogens is 2. The van der Waals surface area contributed by atoms with Gasteiger partial charge < -0.3 is 5.32 Å². The first kappa shape index (κ1) is 14.8. The lowest BCUT2D eigenvalue weighted by Crippen LogP contribution is -2.30. The maximum absolute atomic E-state index is 12.1. The number of amides is 1. The molecule has 1 amide bonds. The van der Waals surface area contributed by atoms with Crippen molar-refractivity contribution in [1.82, 2.24) is 15.1 Å². The molecule has 1 fully saturated rings. The minimum atomic E-state index is -2.91. The lowest BCUT2D eigenvalue weighted by molar-refractivity contribution is 0.0943. The highest BCUT2D eigenvalue weighted by atomic mass is 32.2. The molecule has 6 nitrogen and oxygen atoms in total. The maximum Gasteiger partial charge on any atom is 0.271 e. The van der Waals surface area contributed by atoms with Crippen molar-refractivity contribution < 1.29 is 13.2 Å². The van der Waals surface area contributed by atoms with Gasteiger partial charge in [0.15, 0.2) is 15.5 Å². The Kier molecular flexibility index (Phi) is 3.98. The van der Waals surface area contributed by atoms with Gasteiger partial charge in [-0.05, 0) is 30.5 Å². The number of nitrogens with zero attached hydrogens (tertiary/aromatic N) is 2. The quantitative estimate of drug-likeness (QED) is 0.913. The Balaban J connectivity index is 1.60. The first-order valence-electron chi connectivity index (χ1n) is 7.13. The highest BCUT2D eigenvalue weighted by Gasteiger charge is 2.28. The Morgan fingerprint density at radius 1 is 1.27 bits per heavy atom. The van der Waals surface area contributed by atoms with Crippen LogP contribution >= 0.6 is 0 Å². The zero-order valence-electron chi connectivity index (χ0n) is 12.0. The van der Waals surface area contributed by atoms with Gasteiger partial charge >= 0.3 is 0 Å². The molecule has 2 aromatic rings. The van der Waals surface area contributed by atoms with Crippen molar-refractivity contribution >= 4 is 15.7 Å². The van der Waals surface area contributed by atoms with E-state index in [1.807, 2.05) is 30.3 Å². The smallest absolute Gasteiger partial charge is 0.271 e. The molecular weight excluding hydrogens is 302 g/mol. The van der Waals surface area contributed by atoms with E-state index in [1.165, 1.54) is 0 Å². The van der Waals surface area contributed by atoms with E-state index < -0.39 is 9.84 Å². The molecule has 0 aliphatic carbocycles. The largest absolute Gasteiger partial charge is 0.350 e. The molecule has 1 saturated heterocycles. The van der Waals surface area contributed by atoms with Crippen molar-refractivity contribution in [1.29, 1.82) is 0 Å². The zero-order chi connectivity index (χ0) is 15.6. The normalized spacial score (nSPS) is 19.9. The molecule has 1 N–H and O–H groups in total. The maximum atomic E-state index is 12.1. The number of nitrogens with one attached hydrogen (secondary N) is 1. The summed E-state index contributed by atoms with van der Waals surface area (Å²) in [4.78, 5) is 12.1. The van der Waals surface area contributed by atoms with Gasteiger partial charge in [0.05, 0.1) is 17.2 Å². The van der Waals surface area contributed by atoms with Gasteiger partial charge in [0, 0.05) is 12.7 Å². The molecule has 1 aromatic heterocycles. The fourth-order valence-corrected chi connectivity index (χ4v) is 4.39. The Morgan fingerprint density at radius 2 is 2.05 bits per heavy atom. The summed E-state index contributed by atoms with van der Waals surface area (Å²) in [5.41, 5.74) is 1.20. The summed E-state index contributed by atoms with van der Waals surface area (Å²) in [6, 6.07) is 11.2. The van der Waals surface area contributed by atoms with Gasteiger partial charge in [0.1, 0.15) is 0 Å². The number of benzene rings is 1. The zero-order valence-corrected chi connectivity index (χ0v) is 12.8. The minimum absolute atomic E-state index is 0.00478. The van der Waals surface area contributed by atoms with Gasteiger partial charge in [0.25, 0.3) is 5.91 Å². The fraction of sp³-hybridized carbons (Fsp3) is 0.333. The van der Waals surface area contributed by atoms with E-state index in [-0.39, 0.29) is 23.3 Å². The lowest BCUT2D eigenvalue weighted by Gasteiger charge is -2.08. The van der Waals surface area contributed by atoms with Crippen LogP contribution in [0.25, 0.3) is 5.69 Å². The van der Waals surface area contributed by atoms with Crippen LogP contribution in [0.3, 0.4) is 0 Å². The summed E-state index contributed by atoms with van der Waals surface area (Å²) in [6.07, 6.45) is 2.34. The van der Waals surface area contributed by atoms with E-state index >= 15 is 0 Å². The molecule has 22 heavy (non-hydrogen) atoms. The van der Waals surface area contributed by atoms with Crippen LogP contribution in [-0.2, 0) is 9.84 Å². The third-order valence-corrected chi connectivity index (χ3v) is 5.56. The van der Waals surface area contributed by atoms with Crippen LogP contribution in [0.5, 0.6) is 0 Å². The summed E-state index contributed by atoms with van der Waals surface area (Å²) in [5, 5.41) is 7.00. The number of carbonyl (C=O) groups excluding carboxylic acids is 1. The van der Waals surface area contributed by atoms with Crippen molar-refractivity contribution in [3.63, 3.8) is 0 Å². The van der Waals surface area contributed by atoms with Crippen LogP contribution in [0.1, 0.15) is 16.9 Å². The average molecular weight is 319 g/mol. The van der Waals surface area contributed by atoms with Gasteiger partial charge in [-0.2, -0.15) is 5.10 Å². The van der Waals surface area contributed by atoms with Gasteiger partial charge in [-0.1, -0.05) is 18.2 Å². The summed E-state index contributed by atoms with van der Waals surface area (Å²) in [5.74, 6) is 0.103. The number of hydrogen-bond donors (Lipinski definition) is 1. The lowest BCUT2D eigenvalue weighted by atomic mass is 10.1. The second kappa shape index (κ2) is 5.92. The molecule has 1 aliphatic heterocycles. The monoisotopic (exact) mass is 319 g/mol. The van der Waals surface area contributed by atoms with E-state index in [9.17, 15) is 13.2 Å². The third kappa shape index (κ3) is 3.36. The van der Waals surface area contributed by atoms with Crippen molar-refractivity contribution in [3.05, 3.63) is 48.3 Å². The van der Waals surface area contributed by atoms with Crippen LogP contribution in [0, 0.1) is 5.92 Å². The van der Waals surface area contributed by atoms with Crippen molar-refractivity contribution in [2.24, 2.45) is 5.92 Å². The van der Waals surface area contributed by atoms with Gasteiger partial charge in [-0.15, -0.1) is 0 Å². The van der Waals surface area contributed by atoms with Crippen LogP contribution < -0.4 is 5.32 Å². The fourth-order valence-electron chi connectivity index (χ4n) is 2.53. The number of rotatable bonds is 4. The van der Waals surface area contributed by atoms with Crippen molar-refractivity contribution in [2.45, 2.75) is 6.42 Å². The third-order valence-electron chi connectivity index (χ3n) is 3.72. The van der Waals surface area contributed by atoms with E-state index in [4.69, 9.17) is 0 Å². The van der Waals surface area contributed by atoms with Gasteiger partial charge in [-0.3, -0.25) is 4.79 Å². The molecule has 0 spiro atoms. The summed E-state index contributed by atoms with van der Waals surface area (Å²) >= 11 is 0. The molecular formula is C15H17N3O3S. The Labute approximate surface area is 129 Å². The highest BCUT2D eigenvalue weighted by molar-refractivity contribution is 7.91. The van der Waals surface area contributed by atoms with Crippen LogP contribution in [0.4, 0.5) is 0 Å². The van der Waals surface area contributed by atoms with E-state index in [2.05, 4.69) is 10.4 Å². The molecule has 1 atom stereocenters. The molecule has 2 heterocycles. The van der Waals surface area contributed by atoms with Gasteiger partial charge in [0.2, 0.25) is 0 Å². The molecule has 1 aromatic carbocycles. The second-order valence-corrected chi connectivity index (χ2v) is 7.69. The molecule has 0 radical (unpaired) electrons. The van der Waals surface area contributed by atoms with E-state index in [0.29, 0.717) is 18.7 Å². The Hall–Kier alpha value is -2.15. The number of carbonyl (C=O) groups is 1. The molecule has 1 unspecified atom stereocenters. The Bertz CT molecular complexity index is 768. The highest BCUT2D eigenvalue weighted by Crippen LogP contribution is 2.17. The number of sulfone groups is 1. The average Bonchev–Trinajstić information content (AvgIpc) is 3.12. The van der Waals surface area contributed by atoms with Crippen LogP contribution in [0.15, 0.2) is 42.6 Å². The molecule has 0 saturated carbocycles. The molecule has 0 bridgehead atoms. The van der Waals surface area contributed by atoms with Crippen LogP contribution in [-0.4, -0.2) is 42.2 Å². The molecule has 7 heteroatoms. The topological polar surface area (TPSA) is 81.1 Å². The summed E-state index contributed by atoms with van der Waals surface area (Å²) in [6.45, 7) is 0.371. The predicted octanol–water partition coefficient (Wildman–Crippen LogP) is 1.04. The standard InChI is InChI=1S/C15H17N3O3S/c19-15(16-10-12-7-9-22(20,21)11-12)14-6-8-18(17-14)13-4-2-1-3-5-13/h1-6,8,12H,7,9-11H2,(H,16,19). The van der Waals surface area contributed by atoms with Crippen LogP contribution in [0.2, 0.25) is 0 Å². The first-order chi connectivity index (χ1) is 10.5. The summed E-state index contributed by atoms with van der Waals surface area (Å²) in [7, 11) is -2.91. The number of para-hydroxylation sites is 1. The molecule has 1 aliphatic rings. The number of hydrogen-bond acceptors (Lipinski definition) is 4. The van der Waals surface area contributed by atoms with E-state index in [0.717, 1.165) is 5.69 Å². The summed E-state index contributed by atoms with van der Waals surface area (Å²) < 4.78 is 24.4. The van der Waals surface area contributed by atoms with Crippen molar-refractivity contribution in [2.75, 3.05) is 18.1 Å². The second-order valence-electron chi connectivity index (χ2n) is 5.46. The Morgan fingerprint density at radius 3 is 2.73 bits per heavy atom. The minimum Gasteiger partial charge on any atom is -0.350 e. The van der Waals surface area contributed by atoms with E-state index in [1.54, 1.807) is 16.9 Å². The predicted molar refractivity (Wildman–Crippen MR) is 82.7 cm³/mol. The molecule has 3 rings (SSSR count). The molecule has 116 valence electrons. The SMILES string of the molecule is O=C(NCC1CCS(=O)(=O)C1)c1ccn(-c2ccccc2)n1. The van der Waals surface area contributed by atoms with Crippen molar-refractivity contribution in [3.8, 4) is 5.69 Å².